The Bertz CT molecular complexity index is 1810. The third-order valence-electron chi connectivity index (χ3n) is 7.58. The van der Waals surface area contributed by atoms with E-state index in [1.165, 1.54) is 4.31 Å². The van der Waals surface area contributed by atoms with Crippen LogP contribution in [-0.2, 0) is 34.5 Å². The fraction of sp³-hybridized carbons (Fsp3) is 0.250. The number of aromatic nitrogens is 1. The summed E-state index contributed by atoms with van der Waals surface area (Å²) in [5.41, 5.74) is 3.00. The lowest BCUT2D eigenvalue weighted by atomic mass is 10.1. The van der Waals surface area contributed by atoms with Crippen LogP contribution in [0.15, 0.2) is 120 Å². The number of ether oxygens (including phenoxy) is 1. The molecule has 0 saturated carbocycles. The fourth-order valence-electron chi connectivity index (χ4n) is 5.41. The monoisotopic (exact) mass is 609 g/mol. The Hall–Kier alpha value is -4.40. The van der Waals surface area contributed by atoms with Crippen LogP contribution < -0.4 is 4.74 Å². The molecule has 5 aromatic rings. The maximum Gasteiger partial charge on any atom is 0.244 e. The smallest absolute Gasteiger partial charge is 0.244 e. The summed E-state index contributed by atoms with van der Waals surface area (Å²) >= 11 is 0. The summed E-state index contributed by atoms with van der Waals surface area (Å²) in [6.07, 6.45) is 2.00. The quantitative estimate of drug-likeness (QED) is 0.151. The number of fused-ring (bicyclic) bond motifs is 1. The highest BCUT2D eigenvalue weighted by atomic mass is 32.2. The van der Waals surface area contributed by atoms with Crippen LogP contribution in [0.3, 0.4) is 0 Å². The maximum absolute atomic E-state index is 14.2. The standard InChI is InChI=1S/C36H39N3O4S/c1-28(2)23-39(44(41,42)35-20-10-16-31-15-7-8-19-34(31)35)27-36(40)38(24-29-12-5-4-6-13-29)26-32-17-11-21-37(32)25-30-14-9-18-33(22-30)43-3/h4-22,28H,23-27H2,1-3H3. The van der Waals surface area contributed by atoms with Crippen LogP contribution in [0, 0.1) is 5.92 Å². The first-order chi connectivity index (χ1) is 21.2. The second-order valence-corrected chi connectivity index (χ2v) is 13.3. The number of hydrogen-bond donors (Lipinski definition) is 0. The highest BCUT2D eigenvalue weighted by Gasteiger charge is 2.30. The molecule has 0 atom stereocenters. The molecule has 0 fully saturated rings. The Morgan fingerprint density at radius 3 is 2.30 bits per heavy atom. The minimum Gasteiger partial charge on any atom is -0.497 e. The van der Waals surface area contributed by atoms with Gasteiger partial charge in [-0.1, -0.05) is 92.7 Å². The van der Waals surface area contributed by atoms with E-state index in [1.54, 1.807) is 24.1 Å². The minimum absolute atomic E-state index is 0.0234. The molecule has 5 rings (SSSR count). The van der Waals surface area contributed by atoms with Crippen molar-refractivity contribution < 1.29 is 17.9 Å². The van der Waals surface area contributed by atoms with Gasteiger partial charge in [-0.2, -0.15) is 4.31 Å². The van der Waals surface area contributed by atoms with Gasteiger partial charge in [-0.15, -0.1) is 0 Å². The molecular weight excluding hydrogens is 570 g/mol. The number of hydrogen-bond acceptors (Lipinski definition) is 4. The van der Waals surface area contributed by atoms with Crippen molar-refractivity contribution >= 4 is 26.7 Å². The zero-order valence-electron chi connectivity index (χ0n) is 25.5. The molecule has 0 saturated heterocycles. The first-order valence-corrected chi connectivity index (χ1v) is 16.2. The van der Waals surface area contributed by atoms with E-state index in [4.69, 9.17) is 4.74 Å². The Kier molecular flexibility index (Phi) is 9.82. The Morgan fingerprint density at radius 2 is 1.52 bits per heavy atom. The summed E-state index contributed by atoms with van der Waals surface area (Å²) in [4.78, 5) is 16.1. The third kappa shape index (κ3) is 7.38. The van der Waals surface area contributed by atoms with Crippen molar-refractivity contribution in [3.63, 3.8) is 0 Å². The van der Waals surface area contributed by atoms with E-state index in [0.717, 1.165) is 28.0 Å². The van der Waals surface area contributed by atoms with Crippen LogP contribution >= 0.6 is 0 Å². The van der Waals surface area contributed by atoms with Gasteiger partial charge in [-0.3, -0.25) is 4.79 Å². The number of amides is 1. The topological polar surface area (TPSA) is 71.8 Å². The molecule has 1 amide bonds. The maximum atomic E-state index is 14.2. The van der Waals surface area contributed by atoms with Gasteiger partial charge < -0.3 is 14.2 Å². The van der Waals surface area contributed by atoms with Gasteiger partial charge in [0.2, 0.25) is 15.9 Å². The number of benzene rings is 4. The molecule has 8 heteroatoms. The molecule has 4 aromatic carbocycles. The zero-order chi connectivity index (χ0) is 31.1. The number of methoxy groups -OCH3 is 1. The van der Waals surface area contributed by atoms with E-state index in [1.807, 2.05) is 117 Å². The van der Waals surface area contributed by atoms with Gasteiger partial charge in [0.25, 0.3) is 0 Å². The average molecular weight is 610 g/mol. The molecular formula is C36H39N3O4S. The molecule has 1 aromatic heterocycles. The van der Waals surface area contributed by atoms with Crippen molar-refractivity contribution in [2.24, 2.45) is 5.92 Å². The summed E-state index contributed by atoms with van der Waals surface area (Å²) in [7, 11) is -2.32. The SMILES string of the molecule is COc1cccc(Cn2cccc2CN(Cc2ccccc2)C(=O)CN(CC(C)C)S(=O)(=O)c2cccc3ccccc23)c1. The molecule has 0 N–H and O–H groups in total. The molecule has 7 nitrogen and oxygen atoms in total. The number of carbonyl (C=O) groups is 1. The number of nitrogens with zero attached hydrogens (tertiary/aromatic N) is 3. The van der Waals surface area contributed by atoms with E-state index >= 15 is 0 Å². The summed E-state index contributed by atoms with van der Waals surface area (Å²) in [5.74, 6) is 0.553. The van der Waals surface area contributed by atoms with E-state index < -0.39 is 10.0 Å². The first-order valence-electron chi connectivity index (χ1n) is 14.8. The zero-order valence-corrected chi connectivity index (χ0v) is 26.3. The van der Waals surface area contributed by atoms with Gasteiger partial charge in [0.1, 0.15) is 5.75 Å². The number of rotatable bonds is 13. The van der Waals surface area contributed by atoms with Crippen LogP contribution in [0.2, 0.25) is 0 Å². The lowest BCUT2D eigenvalue weighted by Gasteiger charge is -2.29. The predicted octanol–water partition coefficient (Wildman–Crippen LogP) is 6.57. The lowest BCUT2D eigenvalue weighted by Crippen LogP contribution is -2.44. The first kappa shape index (κ1) is 31.0. The molecule has 1 heterocycles. The van der Waals surface area contributed by atoms with Crippen LogP contribution in [0.25, 0.3) is 10.8 Å². The molecule has 0 radical (unpaired) electrons. The third-order valence-corrected chi connectivity index (χ3v) is 9.45. The largest absolute Gasteiger partial charge is 0.497 e. The molecule has 0 unspecified atom stereocenters. The number of carbonyl (C=O) groups excluding carboxylic acids is 1. The van der Waals surface area contributed by atoms with E-state index in [2.05, 4.69) is 4.57 Å². The van der Waals surface area contributed by atoms with Crippen LogP contribution in [0.4, 0.5) is 0 Å². The van der Waals surface area contributed by atoms with Crippen molar-refractivity contribution in [2.75, 3.05) is 20.2 Å². The van der Waals surface area contributed by atoms with Crippen molar-refractivity contribution in [1.29, 1.82) is 0 Å². The van der Waals surface area contributed by atoms with Crippen LogP contribution in [0.1, 0.15) is 30.7 Å². The van der Waals surface area contributed by atoms with Crippen LogP contribution in [0.5, 0.6) is 5.75 Å². The normalized spacial score (nSPS) is 11.8. The van der Waals surface area contributed by atoms with Gasteiger partial charge in [-0.25, -0.2) is 8.42 Å². The molecule has 0 aliphatic rings. The van der Waals surface area contributed by atoms with Gasteiger partial charge in [0.15, 0.2) is 0 Å². The second-order valence-electron chi connectivity index (χ2n) is 11.4. The molecule has 0 bridgehead atoms. The predicted molar refractivity (Wildman–Crippen MR) is 175 cm³/mol. The highest BCUT2D eigenvalue weighted by Crippen LogP contribution is 2.27. The summed E-state index contributed by atoms with van der Waals surface area (Å²) in [6, 6.07) is 34.4. The molecule has 0 spiro atoms. The van der Waals surface area contributed by atoms with Gasteiger partial charge in [-0.05, 0) is 52.8 Å². The summed E-state index contributed by atoms with van der Waals surface area (Å²) in [6.45, 7) is 5.19. The summed E-state index contributed by atoms with van der Waals surface area (Å²) in [5, 5.41) is 1.49. The van der Waals surface area contributed by atoms with Gasteiger partial charge in [0, 0.05) is 36.9 Å². The molecule has 44 heavy (non-hydrogen) atoms. The highest BCUT2D eigenvalue weighted by molar-refractivity contribution is 7.89. The average Bonchev–Trinajstić information content (AvgIpc) is 3.46. The Morgan fingerprint density at radius 1 is 0.818 bits per heavy atom. The van der Waals surface area contributed by atoms with Crippen molar-refractivity contribution in [2.45, 2.75) is 38.4 Å². The minimum atomic E-state index is -3.97. The van der Waals surface area contributed by atoms with E-state index in [-0.39, 0.29) is 29.8 Å². The van der Waals surface area contributed by atoms with Gasteiger partial charge in [0.05, 0.1) is 25.1 Å². The van der Waals surface area contributed by atoms with Crippen molar-refractivity contribution in [3.8, 4) is 5.75 Å². The fourth-order valence-corrected chi connectivity index (χ4v) is 7.18. The van der Waals surface area contributed by atoms with Crippen molar-refractivity contribution in [3.05, 3.63) is 132 Å². The summed E-state index contributed by atoms with van der Waals surface area (Å²) < 4.78 is 37.2. The molecule has 0 aliphatic carbocycles. The Balaban J connectivity index is 1.45. The van der Waals surface area contributed by atoms with Gasteiger partial charge >= 0.3 is 0 Å². The lowest BCUT2D eigenvalue weighted by molar-refractivity contribution is -0.132. The number of sulfonamides is 1. The molecule has 0 aliphatic heterocycles. The van der Waals surface area contributed by atoms with Crippen molar-refractivity contribution in [1.82, 2.24) is 13.8 Å². The molecule has 228 valence electrons. The van der Waals surface area contributed by atoms with Crippen LogP contribution in [-0.4, -0.2) is 48.3 Å². The Labute approximate surface area is 260 Å². The second kappa shape index (κ2) is 13.9. The van der Waals surface area contributed by atoms with E-state index in [0.29, 0.717) is 25.0 Å². The van der Waals surface area contributed by atoms with E-state index in [9.17, 15) is 13.2 Å².